The summed E-state index contributed by atoms with van der Waals surface area (Å²) >= 11 is 6.11. The lowest BCUT2D eigenvalue weighted by atomic mass is 10.0. The van der Waals surface area contributed by atoms with Crippen molar-refractivity contribution < 1.29 is 9.53 Å². The molecule has 28 heavy (non-hydrogen) atoms. The molecule has 0 bridgehead atoms. The van der Waals surface area contributed by atoms with Crippen molar-refractivity contribution in [3.8, 4) is 17.3 Å². The van der Waals surface area contributed by atoms with Crippen LogP contribution in [0.4, 0.5) is 0 Å². The van der Waals surface area contributed by atoms with E-state index in [2.05, 4.69) is 37.0 Å². The van der Waals surface area contributed by atoms with Gasteiger partial charge in [0, 0.05) is 21.6 Å². The van der Waals surface area contributed by atoms with Gasteiger partial charge in [-0.1, -0.05) is 39.8 Å². The standard InChI is InChI=1S/C19H15BrN4O2S2/c1-3-26-18(25)14-9-22-19(27-2)24-16(14)13(8-21)17-23-15(10-28-17)11-4-6-12(20)7-5-11/h4-7,9-10,13H,3H2,1-2H3/t13-/m1/s1. The molecule has 3 aromatic rings. The summed E-state index contributed by atoms with van der Waals surface area (Å²) in [6.45, 7) is 1.95. The minimum atomic E-state index is -0.789. The second-order valence-electron chi connectivity index (χ2n) is 5.52. The van der Waals surface area contributed by atoms with E-state index >= 15 is 0 Å². The van der Waals surface area contributed by atoms with Gasteiger partial charge in [0.25, 0.3) is 0 Å². The maximum absolute atomic E-state index is 12.3. The molecule has 0 spiro atoms. The Hall–Kier alpha value is -2.28. The molecule has 3 rings (SSSR count). The highest BCUT2D eigenvalue weighted by Crippen LogP contribution is 2.32. The fraction of sp³-hybridized carbons (Fsp3) is 0.211. The van der Waals surface area contributed by atoms with E-state index in [0.717, 1.165) is 15.7 Å². The van der Waals surface area contributed by atoms with E-state index in [1.807, 2.05) is 35.9 Å². The maximum Gasteiger partial charge on any atom is 0.341 e. The number of ether oxygens (including phenoxy) is 1. The third-order valence-electron chi connectivity index (χ3n) is 3.79. The number of nitriles is 1. The molecule has 0 radical (unpaired) electrons. The smallest absolute Gasteiger partial charge is 0.341 e. The van der Waals surface area contributed by atoms with Crippen molar-refractivity contribution in [3.05, 3.63) is 56.6 Å². The average molecular weight is 475 g/mol. The lowest BCUT2D eigenvalue weighted by molar-refractivity contribution is 0.0523. The van der Waals surface area contributed by atoms with E-state index in [1.54, 1.807) is 6.92 Å². The minimum absolute atomic E-state index is 0.187. The Morgan fingerprint density at radius 2 is 2.11 bits per heavy atom. The molecule has 0 N–H and O–H groups in total. The predicted octanol–water partition coefficient (Wildman–Crippen LogP) is 4.92. The van der Waals surface area contributed by atoms with Gasteiger partial charge in [-0.3, -0.25) is 0 Å². The van der Waals surface area contributed by atoms with E-state index < -0.39 is 11.9 Å². The number of carbonyl (C=O) groups is 1. The number of rotatable bonds is 6. The van der Waals surface area contributed by atoms with Crippen LogP contribution in [0.3, 0.4) is 0 Å². The van der Waals surface area contributed by atoms with Crippen molar-refractivity contribution in [3.63, 3.8) is 0 Å². The lowest BCUT2D eigenvalue weighted by Crippen LogP contribution is -2.14. The molecule has 1 aromatic carbocycles. The van der Waals surface area contributed by atoms with Crippen molar-refractivity contribution in [1.82, 2.24) is 15.0 Å². The van der Waals surface area contributed by atoms with Crippen LogP contribution in [0.1, 0.15) is 33.9 Å². The van der Waals surface area contributed by atoms with E-state index in [0.29, 0.717) is 15.9 Å². The van der Waals surface area contributed by atoms with Gasteiger partial charge in [-0.2, -0.15) is 5.26 Å². The molecule has 0 aliphatic carbocycles. The van der Waals surface area contributed by atoms with E-state index in [4.69, 9.17) is 4.74 Å². The van der Waals surface area contributed by atoms with Crippen LogP contribution in [0.2, 0.25) is 0 Å². The Bertz CT molecular complexity index is 1030. The van der Waals surface area contributed by atoms with Gasteiger partial charge in [0.15, 0.2) is 5.16 Å². The fourth-order valence-electron chi connectivity index (χ4n) is 2.47. The normalized spacial score (nSPS) is 11.6. The Balaban J connectivity index is 2.03. The van der Waals surface area contributed by atoms with Gasteiger partial charge in [0.2, 0.25) is 0 Å². The van der Waals surface area contributed by atoms with Crippen molar-refractivity contribution in [2.75, 3.05) is 12.9 Å². The maximum atomic E-state index is 12.3. The third-order valence-corrected chi connectivity index (χ3v) is 5.79. The van der Waals surface area contributed by atoms with Crippen LogP contribution >= 0.6 is 39.0 Å². The summed E-state index contributed by atoms with van der Waals surface area (Å²) in [4.78, 5) is 25.5. The highest BCUT2D eigenvalue weighted by Gasteiger charge is 2.27. The molecule has 0 amide bonds. The summed E-state index contributed by atoms with van der Waals surface area (Å²) in [6.07, 6.45) is 3.25. The molecule has 9 heteroatoms. The zero-order valence-electron chi connectivity index (χ0n) is 15.0. The number of benzene rings is 1. The zero-order valence-corrected chi connectivity index (χ0v) is 18.3. The molecular weight excluding hydrogens is 460 g/mol. The highest BCUT2D eigenvalue weighted by atomic mass is 79.9. The summed E-state index contributed by atoms with van der Waals surface area (Å²) in [5, 5.41) is 12.8. The molecule has 0 saturated heterocycles. The van der Waals surface area contributed by atoms with Gasteiger partial charge in [0.05, 0.1) is 24.1 Å². The molecule has 6 nitrogen and oxygen atoms in total. The second kappa shape index (κ2) is 9.28. The van der Waals surface area contributed by atoms with Crippen molar-refractivity contribution >= 4 is 45.0 Å². The van der Waals surface area contributed by atoms with Crippen LogP contribution in [0.25, 0.3) is 11.3 Å². The summed E-state index contributed by atoms with van der Waals surface area (Å²) in [5.41, 5.74) is 2.22. The van der Waals surface area contributed by atoms with Gasteiger partial charge < -0.3 is 4.74 Å². The second-order valence-corrected chi connectivity index (χ2v) is 8.09. The number of nitrogens with zero attached hydrogens (tertiary/aromatic N) is 4. The van der Waals surface area contributed by atoms with Crippen LogP contribution < -0.4 is 0 Å². The van der Waals surface area contributed by atoms with Crippen LogP contribution in [0.5, 0.6) is 0 Å². The van der Waals surface area contributed by atoms with Crippen molar-refractivity contribution in [2.24, 2.45) is 0 Å². The molecule has 0 aliphatic heterocycles. The summed E-state index contributed by atoms with van der Waals surface area (Å²) < 4.78 is 6.08. The Labute approximate surface area is 179 Å². The van der Waals surface area contributed by atoms with Crippen molar-refractivity contribution in [2.45, 2.75) is 18.0 Å². The van der Waals surface area contributed by atoms with E-state index in [1.165, 1.54) is 29.3 Å². The molecule has 0 aliphatic rings. The summed E-state index contributed by atoms with van der Waals surface area (Å²) in [6, 6.07) is 10.00. The topological polar surface area (TPSA) is 88.8 Å². The van der Waals surface area contributed by atoms with E-state index in [-0.39, 0.29) is 12.2 Å². The number of esters is 1. The van der Waals surface area contributed by atoms with Gasteiger partial charge in [0.1, 0.15) is 16.5 Å². The Morgan fingerprint density at radius 1 is 1.36 bits per heavy atom. The molecule has 142 valence electrons. The van der Waals surface area contributed by atoms with Crippen LogP contribution in [0.15, 0.2) is 45.5 Å². The molecule has 0 saturated carbocycles. The largest absolute Gasteiger partial charge is 0.462 e. The van der Waals surface area contributed by atoms with Crippen LogP contribution in [-0.4, -0.2) is 33.8 Å². The molecular formula is C19H15BrN4O2S2. The fourth-order valence-corrected chi connectivity index (χ4v) is 3.95. The van der Waals surface area contributed by atoms with Gasteiger partial charge in [-0.25, -0.2) is 19.7 Å². The third kappa shape index (κ3) is 4.41. The van der Waals surface area contributed by atoms with Gasteiger partial charge in [-0.05, 0) is 25.3 Å². The zero-order chi connectivity index (χ0) is 20.1. The first-order chi connectivity index (χ1) is 13.6. The molecule has 2 aromatic heterocycles. The van der Waals surface area contributed by atoms with Gasteiger partial charge >= 0.3 is 5.97 Å². The quantitative estimate of drug-likeness (QED) is 0.284. The molecule has 2 heterocycles. The van der Waals surface area contributed by atoms with E-state index in [9.17, 15) is 10.1 Å². The SMILES string of the molecule is CCOC(=O)c1cnc(SC)nc1[C@@H](C#N)c1nc(-c2ccc(Br)cc2)cs1. The number of halogens is 1. The number of thioether (sulfide) groups is 1. The molecule has 0 fully saturated rings. The number of carbonyl (C=O) groups excluding carboxylic acids is 1. The number of aromatic nitrogens is 3. The minimum Gasteiger partial charge on any atom is -0.462 e. The van der Waals surface area contributed by atoms with Crippen LogP contribution in [-0.2, 0) is 4.74 Å². The average Bonchev–Trinajstić information content (AvgIpc) is 3.19. The van der Waals surface area contributed by atoms with Crippen molar-refractivity contribution in [1.29, 1.82) is 5.26 Å². The molecule has 1 atom stereocenters. The number of thiazole rings is 1. The lowest BCUT2D eigenvalue weighted by Gasteiger charge is -2.11. The first-order valence-electron chi connectivity index (χ1n) is 8.26. The number of hydrogen-bond donors (Lipinski definition) is 0. The summed E-state index contributed by atoms with van der Waals surface area (Å²) in [5.74, 6) is -1.34. The van der Waals surface area contributed by atoms with Gasteiger partial charge in [-0.15, -0.1) is 11.3 Å². The number of hydrogen-bond acceptors (Lipinski definition) is 8. The first kappa shape index (κ1) is 20.5. The Kier molecular flexibility index (Phi) is 6.78. The summed E-state index contributed by atoms with van der Waals surface area (Å²) in [7, 11) is 0. The Morgan fingerprint density at radius 3 is 2.75 bits per heavy atom. The molecule has 0 unspecified atom stereocenters. The monoisotopic (exact) mass is 474 g/mol. The predicted molar refractivity (Wildman–Crippen MR) is 112 cm³/mol. The highest BCUT2D eigenvalue weighted by molar-refractivity contribution is 9.10. The first-order valence-corrected chi connectivity index (χ1v) is 11.2. The van der Waals surface area contributed by atoms with Crippen LogP contribution in [0, 0.1) is 11.3 Å².